The third-order valence-electron chi connectivity index (χ3n) is 9.48. The van der Waals surface area contributed by atoms with Gasteiger partial charge in [-0.15, -0.1) is 13.2 Å². The second-order valence-electron chi connectivity index (χ2n) is 14.3. The van der Waals surface area contributed by atoms with Crippen molar-refractivity contribution in [3.8, 4) is 0 Å². The average molecular weight is 594 g/mol. The molecule has 3 fully saturated rings. The highest BCUT2D eigenvalue weighted by atomic mass is 16.5. The van der Waals surface area contributed by atoms with E-state index in [4.69, 9.17) is 4.74 Å². The molecule has 3 aliphatic rings. The van der Waals surface area contributed by atoms with Crippen LogP contribution < -0.4 is 0 Å². The predicted molar refractivity (Wildman–Crippen MR) is 168 cm³/mol. The molecule has 1 N–H and O–H groups in total. The van der Waals surface area contributed by atoms with Gasteiger partial charge >= 0.3 is 0 Å². The van der Waals surface area contributed by atoms with E-state index in [2.05, 4.69) is 47.8 Å². The standard InChI is InChI=1S/C35H51N3O5/c1-9-19-36(21-24-15-13-12-14-16-24)30(40)27-26-17-18-35(43-26)28(27)31(41)38(25(11-3)22-39)29(35)32(42)37(20-10-2)34(7,8)23-33(4,5)6/h9-10,12-16,25-29,39H,1-2,11,17-23H2,3-8H3/t25-,26+,27-,28-,29?,35?/m0/s1. The summed E-state index contributed by atoms with van der Waals surface area (Å²) < 4.78 is 6.72. The van der Waals surface area contributed by atoms with Crippen molar-refractivity contribution >= 4 is 17.7 Å². The Morgan fingerprint density at radius 2 is 1.77 bits per heavy atom. The summed E-state index contributed by atoms with van der Waals surface area (Å²) in [7, 11) is 0. The minimum Gasteiger partial charge on any atom is -0.394 e. The van der Waals surface area contributed by atoms with Gasteiger partial charge in [-0.25, -0.2) is 0 Å². The Bertz CT molecular complexity index is 1200. The van der Waals surface area contributed by atoms with Crippen molar-refractivity contribution in [2.45, 2.75) is 103 Å². The van der Waals surface area contributed by atoms with E-state index in [9.17, 15) is 19.5 Å². The van der Waals surface area contributed by atoms with Gasteiger partial charge in [0.05, 0.1) is 30.6 Å². The Kier molecular flexibility index (Phi) is 9.62. The number of likely N-dealkylation sites (tertiary alicyclic amines) is 1. The molecule has 236 valence electrons. The van der Waals surface area contributed by atoms with Gasteiger partial charge in [0.25, 0.3) is 0 Å². The fraction of sp³-hybridized carbons (Fsp3) is 0.629. The second kappa shape index (κ2) is 12.6. The van der Waals surface area contributed by atoms with Gasteiger partial charge in [0.15, 0.2) is 0 Å². The molecule has 6 atom stereocenters. The highest BCUT2D eigenvalue weighted by Crippen LogP contribution is 2.59. The summed E-state index contributed by atoms with van der Waals surface area (Å²) in [6.45, 7) is 21.0. The van der Waals surface area contributed by atoms with Crippen LogP contribution in [0.5, 0.6) is 0 Å². The fourth-order valence-corrected chi connectivity index (χ4v) is 8.17. The third-order valence-corrected chi connectivity index (χ3v) is 9.48. The normalized spacial score (nSPS) is 27.1. The van der Waals surface area contributed by atoms with E-state index in [0.29, 0.717) is 38.9 Å². The quantitative estimate of drug-likeness (QED) is 0.339. The monoisotopic (exact) mass is 593 g/mol. The highest BCUT2D eigenvalue weighted by Gasteiger charge is 2.75. The van der Waals surface area contributed by atoms with E-state index < -0.39 is 41.2 Å². The first kappa shape index (κ1) is 32.9. The highest BCUT2D eigenvalue weighted by molar-refractivity contribution is 5.99. The lowest BCUT2D eigenvalue weighted by atomic mass is 9.70. The molecule has 8 nitrogen and oxygen atoms in total. The smallest absolute Gasteiger partial charge is 0.249 e. The largest absolute Gasteiger partial charge is 0.394 e. The lowest BCUT2D eigenvalue weighted by Gasteiger charge is -2.46. The molecule has 0 aromatic heterocycles. The second-order valence-corrected chi connectivity index (χ2v) is 14.3. The van der Waals surface area contributed by atoms with E-state index in [-0.39, 0.29) is 29.7 Å². The first-order valence-electron chi connectivity index (χ1n) is 15.7. The van der Waals surface area contributed by atoms with E-state index in [1.54, 1.807) is 22.0 Å². The van der Waals surface area contributed by atoms with Gasteiger partial charge in [0.2, 0.25) is 17.7 Å². The van der Waals surface area contributed by atoms with Crippen LogP contribution in [0.4, 0.5) is 0 Å². The summed E-state index contributed by atoms with van der Waals surface area (Å²) in [5.74, 6) is -2.15. The van der Waals surface area contributed by atoms with Crippen LogP contribution in [0.15, 0.2) is 55.6 Å². The van der Waals surface area contributed by atoms with Crippen molar-refractivity contribution in [1.82, 2.24) is 14.7 Å². The Labute approximate surface area is 257 Å². The molecule has 1 spiro atoms. The zero-order chi connectivity index (χ0) is 31.7. The summed E-state index contributed by atoms with van der Waals surface area (Å²) in [5.41, 5.74) is -0.752. The van der Waals surface area contributed by atoms with Gasteiger partial charge in [0, 0.05) is 25.2 Å². The zero-order valence-corrected chi connectivity index (χ0v) is 26.9. The average Bonchev–Trinajstić information content (AvgIpc) is 3.58. The van der Waals surface area contributed by atoms with Gasteiger partial charge in [-0.1, -0.05) is 70.2 Å². The Balaban J connectivity index is 1.77. The lowest BCUT2D eigenvalue weighted by molar-refractivity contribution is -0.156. The van der Waals surface area contributed by atoms with Gasteiger partial charge in [-0.3, -0.25) is 14.4 Å². The number of benzene rings is 1. The SMILES string of the molecule is C=CCN(Cc1ccccc1)C(=O)[C@@H]1[C@H]2C(=O)N([C@@H](CC)CO)C(C(=O)N(CC=C)C(C)(C)CC(C)(C)C)C23CC[C@H]1O3. The van der Waals surface area contributed by atoms with E-state index in [0.717, 1.165) is 12.0 Å². The summed E-state index contributed by atoms with van der Waals surface area (Å²) in [4.78, 5) is 48.8. The maximum Gasteiger partial charge on any atom is 0.249 e. The molecule has 3 amide bonds. The molecule has 3 saturated heterocycles. The molecule has 8 heteroatoms. The Morgan fingerprint density at radius 3 is 2.33 bits per heavy atom. The zero-order valence-electron chi connectivity index (χ0n) is 26.9. The summed E-state index contributed by atoms with van der Waals surface area (Å²) in [6, 6.07) is 8.25. The molecule has 0 saturated carbocycles. The van der Waals surface area contributed by atoms with Gasteiger partial charge in [-0.05, 0) is 50.5 Å². The first-order chi connectivity index (χ1) is 20.3. The number of carbonyl (C=O) groups is 3. The molecule has 1 aromatic rings. The number of carbonyl (C=O) groups excluding carboxylic acids is 3. The van der Waals surface area contributed by atoms with Gasteiger partial charge in [-0.2, -0.15) is 0 Å². The molecular formula is C35H51N3O5. The van der Waals surface area contributed by atoms with Crippen LogP contribution in [0.1, 0.15) is 72.8 Å². The number of hydrogen-bond acceptors (Lipinski definition) is 5. The van der Waals surface area contributed by atoms with Crippen molar-refractivity contribution in [3.05, 3.63) is 61.2 Å². The molecule has 0 aliphatic carbocycles. The van der Waals surface area contributed by atoms with E-state index in [1.165, 1.54) is 0 Å². The Morgan fingerprint density at radius 1 is 1.12 bits per heavy atom. The molecule has 3 heterocycles. The molecule has 2 unspecified atom stereocenters. The topological polar surface area (TPSA) is 90.4 Å². The number of fused-ring (bicyclic) bond motifs is 1. The predicted octanol–water partition coefficient (Wildman–Crippen LogP) is 4.58. The van der Waals surface area contributed by atoms with Crippen LogP contribution in [-0.2, 0) is 25.7 Å². The van der Waals surface area contributed by atoms with Crippen LogP contribution in [0.2, 0.25) is 0 Å². The van der Waals surface area contributed by atoms with Crippen LogP contribution in [0.25, 0.3) is 0 Å². The van der Waals surface area contributed by atoms with E-state index >= 15 is 0 Å². The van der Waals surface area contributed by atoms with Crippen molar-refractivity contribution < 1.29 is 24.2 Å². The maximum atomic E-state index is 14.9. The summed E-state index contributed by atoms with van der Waals surface area (Å²) in [5, 5.41) is 10.4. The molecule has 0 radical (unpaired) electrons. The number of ether oxygens (including phenoxy) is 1. The van der Waals surface area contributed by atoms with Crippen molar-refractivity contribution in [3.63, 3.8) is 0 Å². The number of nitrogens with zero attached hydrogens (tertiary/aromatic N) is 3. The van der Waals surface area contributed by atoms with E-state index in [1.807, 2.05) is 42.2 Å². The van der Waals surface area contributed by atoms with Crippen LogP contribution in [-0.4, -0.2) is 86.6 Å². The first-order valence-corrected chi connectivity index (χ1v) is 15.7. The maximum absolute atomic E-state index is 14.9. The Hall–Kier alpha value is -2.97. The van der Waals surface area contributed by atoms with Gasteiger partial charge < -0.3 is 24.5 Å². The third kappa shape index (κ3) is 6.05. The molecule has 3 aliphatic heterocycles. The number of aliphatic hydroxyl groups excluding tert-OH is 1. The minimum atomic E-state index is -1.13. The summed E-state index contributed by atoms with van der Waals surface area (Å²) >= 11 is 0. The molecule has 2 bridgehead atoms. The number of hydrogen-bond donors (Lipinski definition) is 1. The molecule has 1 aromatic carbocycles. The summed E-state index contributed by atoms with van der Waals surface area (Å²) in [6.07, 6.45) is 5.27. The van der Waals surface area contributed by atoms with Crippen LogP contribution >= 0.6 is 0 Å². The molecule has 43 heavy (non-hydrogen) atoms. The minimum absolute atomic E-state index is 0.0561. The lowest BCUT2D eigenvalue weighted by Crippen LogP contribution is -2.62. The van der Waals surface area contributed by atoms with Crippen molar-refractivity contribution in [2.24, 2.45) is 17.3 Å². The number of amides is 3. The number of aliphatic hydroxyl groups is 1. The number of rotatable bonds is 13. The van der Waals surface area contributed by atoms with Gasteiger partial charge in [0.1, 0.15) is 11.6 Å². The fourth-order valence-electron chi connectivity index (χ4n) is 8.17. The van der Waals surface area contributed by atoms with Crippen LogP contribution in [0, 0.1) is 17.3 Å². The molecular weight excluding hydrogens is 542 g/mol. The van der Waals surface area contributed by atoms with Crippen molar-refractivity contribution in [1.29, 1.82) is 0 Å². The van der Waals surface area contributed by atoms with Crippen molar-refractivity contribution in [2.75, 3.05) is 19.7 Å². The van der Waals surface area contributed by atoms with Crippen LogP contribution in [0.3, 0.4) is 0 Å². The molecule has 4 rings (SSSR count).